The molecule has 4 rings (SSSR count). The van der Waals surface area contributed by atoms with Gasteiger partial charge in [-0.1, -0.05) is 30.7 Å². The number of hydrogen-bond donors (Lipinski definition) is 2. The molecule has 1 amide bonds. The Labute approximate surface area is 199 Å². The molecular formula is C23H28ClN3O3S2. The van der Waals surface area contributed by atoms with Crippen LogP contribution in [-0.4, -0.2) is 44.6 Å². The maximum Gasteiger partial charge on any atom is 0.240 e. The number of carbonyl (C=O) groups excluding carboxylic acids is 1. The fourth-order valence-corrected chi connectivity index (χ4v) is 6.36. The molecule has 0 unspecified atom stereocenters. The lowest BCUT2D eigenvalue weighted by Crippen LogP contribution is -2.38. The second-order valence-corrected chi connectivity index (χ2v) is 11.8. The predicted molar refractivity (Wildman–Crippen MR) is 130 cm³/mol. The highest BCUT2D eigenvalue weighted by Gasteiger charge is 2.25. The van der Waals surface area contributed by atoms with E-state index in [1.54, 1.807) is 30.0 Å². The zero-order valence-corrected chi connectivity index (χ0v) is 20.4. The number of likely N-dealkylation sites (tertiary alicyclic amines) is 1. The number of anilines is 1. The van der Waals surface area contributed by atoms with Crippen LogP contribution in [0.4, 0.5) is 5.69 Å². The number of halogens is 1. The first-order valence-electron chi connectivity index (χ1n) is 10.8. The molecule has 0 saturated carbocycles. The van der Waals surface area contributed by atoms with Crippen molar-refractivity contribution in [2.24, 2.45) is 11.8 Å². The van der Waals surface area contributed by atoms with E-state index in [0.717, 1.165) is 42.4 Å². The van der Waals surface area contributed by atoms with Crippen LogP contribution < -0.4 is 10.0 Å². The Hall–Kier alpha value is -1.58. The van der Waals surface area contributed by atoms with E-state index in [-0.39, 0.29) is 16.7 Å². The summed E-state index contributed by atoms with van der Waals surface area (Å²) in [5.41, 5.74) is 1.76. The molecule has 2 aliphatic rings. The largest absolute Gasteiger partial charge is 0.325 e. The van der Waals surface area contributed by atoms with Crippen molar-refractivity contribution in [3.8, 4) is 0 Å². The number of nitrogens with zero attached hydrogens (tertiary/aromatic N) is 1. The second-order valence-electron chi connectivity index (χ2n) is 8.56. The lowest BCUT2D eigenvalue weighted by molar-refractivity contribution is -0.118. The zero-order valence-electron chi connectivity index (χ0n) is 18.0. The van der Waals surface area contributed by atoms with Crippen LogP contribution in [0.3, 0.4) is 0 Å². The van der Waals surface area contributed by atoms with Crippen molar-refractivity contribution >= 4 is 45.0 Å². The van der Waals surface area contributed by atoms with Gasteiger partial charge in [0.2, 0.25) is 15.9 Å². The van der Waals surface area contributed by atoms with Crippen LogP contribution in [0.15, 0.2) is 52.3 Å². The summed E-state index contributed by atoms with van der Waals surface area (Å²) in [5.74, 6) is 0.787. The summed E-state index contributed by atoms with van der Waals surface area (Å²) in [5, 5.41) is 3.60. The van der Waals surface area contributed by atoms with Gasteiger partial charge < -0.3 is 5.32 Å². The smallest absolute Gasteiger partial charge is 0.240 e. The van der Waals surface area contributed by atoms with Gasteiger partial charge in [-0.25, -0.2) is 13.1 Å². The lowest BCUT2D eigenvalue weighted by atomic mass is 9.97. The van der Waals surface area contributed by atoms with Crippen LogP contribution in [0.1, 0.15) is 25.3 Å². The number of carbonyl (C=O) groups is 1. The third-order valence-electron chi connectivity index (χ3n) is 6.02. The van der Waals surface area contributed by atoms with Crippen LogP contribution in [0.25, 0.3) is 0 Å². The molecule has 1 atom stereocenters. The van der Waals surface area contributed by atoms with Crippen LogP contribution in [0, 0.1) is 11.8 Å². The van der Waals surface area contributed by atoms with Crippen LogP contribution >= 0.6 is 23.4 Å². The fraction of sp³-hybridized carbons (Fsp3) is 0.435. The molecule has 0 spiro atoms. The van der Waals surface area contributed by atoms with E-state index in [9.17, 15) is 13.2 Å². The van der Waals surface area contributed by atoms with E-state index in [1.165, 1.54) is 5.56 Å². The third kappa shape index (κ3) is 5.85. The van der Waals surface area contributed by atoms with Gasteiger partial charge in [0.05, 0.1) is 10.6 Å². The lowest BCUT2D eigenvalue weighted by Gasteiger charge is -2.32. The summed E-state index contributed by atoms with van der Waals surface area (Å²) >= 11 is 7.64. The van der Waals surface area contributed by atoms with Crippen molar-refractivity contribution in [1.29, 1.82) is 0 Å². The molecule has 0 bridgehead atoms. The fourth-order valence-electron chi connectivity index (χ4n) is 4.00. The number of piperidine rings is 1. The summed E-state index contributed by atoms with van der Waals surface area (Å²) in [6, 6.07) is 12.9. The first-order valence-corrected chi connectivity index (χ1v) is 13.7. The molecule has 0 aliphatic carbocycles. The first kappa shape index (κ1) is 23.6. The summed E-state index contributed by atoms with van der Waals surface area (Å²) in [7, 11) is -3.64. The molecule has 172 valence electrons. The topological polar surface area (TPSA) is 78.5 Å². The van der Waals surface area contributed by atoms with Crippen LogP contribution in [0.5, 0.6) is 0 Å². The standard InChI is InChI=1S/C23H28ClN3O3S2/c1-16-15-31-22-6-5-20(12-21(22)26-23(16)28)32(29,30)25-13-17-7-9-27(10-8-17)14-18-3-2-4-19(24)11-18/h2-6,11-12,16-17,25H,7-10,13-15H2,1H3,(H,26,28)/t16-/m0/s1. The number of hydrogen-bond acceptors (Lipinski definition) is 5. The van der Waals surface area contributed by atoms with Gasteiger partial charge in [-0.15, -0.1) is 11.8 Å². The van der Waals surface area contributed by atoms with E-state index < -0.39 is 10.0 Å². The Kier molecular flexibility index (Phi) is 7.47. The third-order valence-corrected chi connectivity index (χ3v) is 9.01. The Bertz CT molecular complexity index is 1090. The summed E-state index contributed by atoms with van der Waals surface area (Å²) in [6.45, 7) is 5.01. The predicted octanol–water partition coefficient (Wildman–Crippen LogP) is 4.21. The quantitative estimate of drug-likeness (QED) is 0.630. The Balaban J connectivity index is 1.31. The molecule has 9 heteroatoms. The van der Waals surface area contributed by atoms with Crippen molar-refractivity contribution in [2.45, 2.75) is 36.1 Å². The van der Waals surface area contributed by atoms with E-state index in [2.05, 4.69) is 21.0 Å². The maximum absolute atomic E-state index is 12.9. The van der Waals surface area contributed by atoms with Gasteiger partial charge in [0, 0.05) is 34.7 Å². The molecule has 32 heavy (non-hydrogen) atoms. The average Bonchev–Trinajstić information content (AvgIpc) is 2.91. The highest BCUT2D eigenvalue weighted by atomic mass is 35.5. The van der Waals surface area contributed by atoms with Crippen LogP contribution in [0.2, 0.25) is 5.02 Å². The number of benzene rings is 2. The van der Waals surface area contributed by atoms with Crippen molar-refractivity contribution in [2.75, 3.05) is 30.7 Å². The number of amides is 1. The van der Waals surface area contributed by atoms with E-state index in [1.807, 2.05) is 25.1 Å². The van der Waals surface area contributed by atoms with Gasteiger partial charge in [0.25, 0.3) is 0 Å². The molecule has 6 nitrogen and oxygen atoms in total. The highest BCUT2D eigenvalue weighted by molar-refractivity contribution is 7.99. The van der Waals surface area contributed by atoms with Gasteiger partial charge in [-0.3, -0.25) is 9.69 Å². The first-order chi connectivity index (χ1) is 15.3. The van der Waals surface area contributed by atoms with Crippen molar-refractivity contribution < 1.29 is 13.2 Å². The molecule has 1 saturated heterocycles. The molecule has 2 aliphatic heterocycles. The molecule has 2 aromatic carbocycles. The molecule has 2 aromatic rings. The van der Waals surface area contributed by atoms with E-state index >= 15 is 0 Å². The van der Waals surface area contributed by atoms with Crippen molar-refractivity contribution in [3.63, 3.8) is 0 Å². The molecule has 1 fully saturated rings. The Morgan fingerprint density at radius 2 is 1.97 bits per heavy atom. The maximum atomic E-state index is 12.9. The molecule has 0 radical (unpaired) electrons. The Morgan fingerprint density at radius 1 is 1.19 bits per heavy atom. The van der Waals surface area contributed by atoms with E-state index in [4.69, 9.17) is 11.6 Å². The molecule has 2 heterocycles. The minimum Gasteiger partial charge on any atom is -0.325 e. The van der Waals surface area contributed by atoms with Crippen molar-refractivity contribution in [1.82, 2.24) is 9.62 Å². The monoisotopic (exact) mass is 493 g/mol. The van der Waals surface area contributed by atoms with Crippen LogP contribution in [-0.2, 0) is 21.4 Å². The average molecular weight is 494 g/mol. The SMILES string of the molecule is C[C@H]1CSc2ccc(S(=O)(=O)NCC3CCN(Cc4cccc(Cl)c4)CC3)cc2NC1=O. The number of nitrogens with one attached hydrogen (secondary N) is 2. The van der Waals surface area contributed by atoms with Gasteiger partial charge >= 0.3 is 0 Å². The summed E-state index contributed by atoms with van der Waals surface area (Å²) in [6.07, 6.45) is 1.88. The van der Waals surface area contributed by atoms with Gasteiger partial charge in [0.1, 0.15) is 0 Å². The number of rotatable bonds is 6. The second kappa shape index (κ2) is 10.1. The van der Waals surface area contributed by atoms with Gasteiger partial charge in [0.15, 0.2) is 0 Å². The highest BCUT2D eigenvalue weighted by Crippen LogP contribution is 2.34. The van der Waals surface area contributed by atoms with Gasteiger partial charge in [-0.05, 0) is 67.7 Å². The summed E-state index contributed by atoms with van der Waals surface area (Å²) in [4.78, 5) is 15.6. The normalized spacial score (nSPS) is 20.4. The minimum absolute atomic E-state index is 0.0803. The molecule has 0 aromatic heterocycles. The number of sulfonamides is 1. The minimum atomic E-state index is -3.64. The van der Waals surface area contributed by atoms with Crippen molar-refractivity contribution in [3.05, 3.63) is 53.1 Å². The Morgan fingerprint density at radius 3 is 2.72 bits per heavy atom. The molecule has 2 N–H and O–H groups in total. The zero-order chi connectivity index (χ0) is 22.7. The number of thioether (sulfide) groups is 1. The molecular weight excluding hydrogens is 466 g/mol. The van der Waals surface area contributed by atoms with E-state index in [0.29, 0.717) is 23.9 Å². The summed E-state index contributed by atoms with van der Waals surface area (Å²) < 4.78 is 28.5. The number of fused-ring (bicyclic) bond motifs is 1. The van der Waals surface area contributed by atoms with Gasteiger partial charge in [-0.2, -0.15) is 0 Å².